The zero-order valence-corrected chi connectivity index (χ0v) is 13.0. The van der Waals surface area contributed by atoms with Gasteiger partial charge in [-0.2, -0.15) is 0 Å². The molecule has 0 bridgehead atoms. The molecule has 0 aromatic heterocycles. The predicted molar refractivity (Wildman–Crippen MR) is 80.3 cm³/mol. The second-order valence-electron chi connectivity index (χ2n) is 5.50. The molecule has 0 aromatic rings. The van der Waals surface area contributed by atoms with E-state index in [2.05, 4.69) is 31.0 Å². The Labute approximate surface area is 118 Å². The lowest BCUT2D eigenvalue weighted by atomic mass is 10.2. The fourth-order valence-electron chi connectivity index (χ4n) is 2.80. The lowest BCUT2D eigenvalue weighted by molar-refractivity contribution is -0.133. The Morgan fingerprint density at radius 1 is 1.11 bits per heavy atom. The highest BCUT2D eigenvalue weighted by Crippen LogP contribution is 2.10. The first-order valence-corrected chi connectivity index (χ1v) is 7.95. The molecule has 1 aliphatic heterocycles. The first-order valence-electron chi connectivity index (χ1n) is 7.95. The van der Waals surface area contributed by atoms with Crippen LogP contribution in [0, 0.1) is 0 Å². The molecule has 0 saturated carbocycles. The quantitative estimate of drug-likeness (QED) is 0.692. The number of hydrogen-bond donors (Lipinski definition) is 1. The van der Waals surface area contributed by atoms with Crippen molar-refractivity contribution in [3.63, 3.8) is 0 Å². The van der Waals surface area contributed by atoms with Gasteiger partial charge in [0.05, 0.1) is 6.54 Å². The number of carbonyl (C=O) groups excluding carboxylic acids is 1. The molecule has 1 unspecified atom stereocenters. The van der Waals surface area contributed by atoms with E-state index in [1.54, 1.807) is 0 Å². The maximum absolute atomic E-state index is 12.4. The number of nitrogens with one attached hydrogen (secondary N) is 1. The van der Waals surface area contributed by atoms with E-state index >= 15 is 0 Å². The van der Waals surface area contributed by atoms with Gasteiger partial charge in [0, 0.05) is 25.7 Å². The van der Waals surface area contributed by atoms with Crippen LogP contribution in [0.15, 0.2) is 0 Å². The van der Waals surface area contributed by atoms with E-state index in [9.17, 15) is 4.79 Å². The average molecular weight is 269 g/mol. The van der Waals surface area contributed by atoms with E-state index in [1.165, 1.54) is 6.42 Å². The number of nitrogens with zero attached hydrogens (tertiary/aromatic N) is 2. The zero-order chi connectivity index (χ0) is 14.1. The van der Waals surface area contributed by atoms with Crippen molar-refractivity contribution in [3.05, 3.63) is 0 Å². The highest BCUT2D eigenvalue weighted by Gasteiger charge is 2.24. The molecule has 0 radical (unpaired) electrons. The van der Waals surface area contributed by atoms with Gasteiger partial charge in [-0.25, -0.2) is 0 Å². The topological polar surface area (TPSA) is 35.6 Å². The second-order valence-corrected chi connectivity index (χ2v) is 5.50. The monoisotopic (exact) mass is 269 g/mol. The van der Waals surface area contributed by atoms with Crippen molar-refractivity contribution in [2.24, 2.45) is 0 Å². The van der Waals surface area contributed by atoms with E-state index < -0.39 is 0 Å². The maximum atomic E-state index is 12.4. The van der Waals surface area contributed by atoms with Crippen LogP contribution in [0.25, 0.3) is 0 Å². The number of hydrogen-bond acceptors (Lipinski definition) is 3. The van der Waals surface area contributed by atoms with E-state index in [0.717, 1.165) is 52.0 Å². The van der Waals surface area contributed by atoms with Crippen molar-refractivity contribution < 1.29 is 4.79 Å². The van der Waals surface area contributed by atoms with Crippen molar-refractivity contribution >= 4 is 5.91 Å². The summed E-state index contributed by atoms with van der Waals surface area (Å²) in [7, 11) is 0. The second kappa shape index (κ2) is 9.32. The largest absolute Gasteiger partial charge is 0.342 e. The van der Waals surface area contributed by atoms with Crippen molar-refractivity contribution in [2.75, 3.05) is 39.3 Å². The van der Waals surface area contributed by atoms with Crippen LogP contribution in [0.5, 0.6) is 0 Å². The zero-order valence-electron chi connectivity index (χ0n) is 13.0. The summed E-state index contributed by atoms with van der Waals surface area (Å²) < 4.78 is 0. The Morgan fingerprint density at radius 3 is 2.21 bits per heavy atom. The lowest BCUT2D eigenvalue weighted by Crippen LogP contribution is -2.46. The summed E-state index contributed by atoms with van der Waals surface area (Å²) in [5.41, 5.74) is 0. The molecule has 1 N–H and O–H groups in total. The molecule has 1 fully saturated rings. The molecule has 112 valence electrons. The molecule has 1 heterocycles. The van der Waals surface area contributed by atoms with Gasteiger partial charge >= 0.3 is 0 Å². The van der Waals surface area contributed by atoms with Gasteiger partial charge < -0.3 is 10.2 Å². The van der Waals surface area contributed by atoms with E-state index in [4.69, 9.17) is 0 Å². The summed E-state index contributed by atoms with van der Waals surface area (Å²) in [5.74, 6) is 0.309. The minimum absolute atomic E-state index is 0.309. The molecule has 1 atom stereocenters. The summed E-state index contributed by atoms with van der Waals surface area (Å²) in [6.45, 7) is 12.0. The average Bonchev–Trinajstić information content (AvgIpc) is 2.91. The van der Waals surface area contributed by atoms with Crippen LogP contribution in [0.3, 0.4) is 0 Å². The predicted octanol–water partition coefficient (Wildman–Crippen LogP) is 1.71. The van der Waals surface area contributed by atoms with Gasteiger partial charge in [0.25, 0.3) is 0 Å². The maximum Gasteiger partial charge on any atom is 0.236 e. The summed E-state index contributed by atoms with van der Waals surface area (Å²) in [6.07, 6.45) is 4.38. The highest BCUT2D eigenvalue weighted by atomic mass is 16.2. The molecular weight excluding hydrogens is 238 g/mol. The van der Waals surface area contributed by atoms with Crippen LogP contribution in [0.1, 0.15) is 46.5 Å². The van der Waals surface area contributed by atoms with Crippen molar-refractivity contribution in [1.29, 1.82) is 0 Å². The van der Waals surface area contributed by atoms with Crippen LogP contribution < -0.4 is 5.32 Å². The van der Waals surface area contributed by atoms with Gasteiger partial charge in [-0.05, 0) is 38.8 Å². The number of rotatable bonds is 9. The molecule has 1 rings (SSSR count). The molecule has 4 nitrogen and oxygen atoms in total. The standard InChI is InChI=1S/C15H31N3O/c1-4-9-17(10-5-2)15(19)13-18(11-6-3)14-7-8-16-12-14/h14,16H,4-13H2,1-3H3. The van der Waals surface area contributed by atoms with Gasteiger partial charge in [0.2, 0.25) is 5.91 Å². The highest BCUT2D eigenvalue weighted by molar-refractivity contribution is 5.78. The smallest absolute Gasteiger partial charge is 0.236 e. The third-order valence-corrected chi connectivity index (χ3v) is 3.74. The molecule has 1 saturated heterocycles. The molecule has 1 amide bonds. The molecule has 19 heavy (non-hydrogen) atoms. The fourth-order valence-corrected chi connectivity index (χ4v) is 2.80. The van der Waals surface area contributed by atoms with E-state index in [0.29, 0.717) is 18.5 Å². The summed E-state index contributed by atoms with van der Waals surface area (Å²) in [4.78, 5) is 16.8. The number of carbonyl (C=O) groups is 1. The minimum Gasteiger partial charge on any atom is -0.342 e. The van der Waals surface area contributed by atoms with E-state index in [-0.39, 0.29) is 0 Å². The van der Waals surface area contributed by atoms with Crippen LogP contribution in [-0.4, -0.2) is 61.0 Å². The Morgan fingerprint density at radius 2 is 1.74 bits per heavy atom. The molecule has 4 heteroatoms. The molecule has 1 aliphatic rings. The van der Waals surface area contributed by atoms with Crippen molar-refractivity contribution in [1.82, 2.24) is 15.1 Å². The van der Waals surface area contributed by atoms with Gasteiger partial charge in [-0.1, -0.05) is 20.8 Å². The third-order valence-electron chi connectivity index (χ3n) is 3.74. The van der Waals surface area contributed by atoms with Crippen molar-refractivity contribution in [2.45, 2.75) is 52.5 Å². The Kier molecular flexibility index (Phi) is 8.07. The Hall–Kier alpha value is -0.610. The summed E-state index contributed by atoms with van der Waals surface area (Å²) in [6, 6.07) is 0.550. The molecular formula is C15H31N3O. The van der Waals surface area contributed by atoms with Crippen molar-refractivity contribution in [3.8, 4) is 0 Å². The van der Waals surface area contributed by atoms with E-state index in [1.807, 2.05) is 4.90 Å². The SMILES string of the molecule is CCCN(CCC)C(=O)CN(CCC)C1CCNC1. The van der Waals surface area contributed by atoms with Crippen LogP contribution >= 0.6 is 0 Å². The first-order chi connectivity index (χ1) is 9.22. The third kappa shape index (κ3) is 5.49. The molecule has 0 aliphatic carbocycles. The van der Waals surface area contributed by atoms with Gasteiger partial charge in [0.15, 0.2) is 0 Å². The fraction of sp³-hybridized carbons (Fsp3) is 0.933. The number of amides is 1. The van der Waals surface area contributed by atoms with Crippen LogP contribution in [-0.2, 0) is 4.79 Å². The first kappa shape index (κ1) is 16.4. The Balaban J connectivity index is 2.52. The Bertz CT molecular complexity index is 246. The summed E-state index contributed by atoms with van der Waals surface area (Å²) in [5, 5.41) is 3.40. The minimum atomic E-state index is 0.309. The van der Waals surface area contributed by atoms with Gasteiger partial charge in [0.1, 0.15) is 0 Å². The normalized spacial score (nSPS) is 19.1. The van der Waals surface area contributed by atoms with Gasteiger partial charge in [-0.15, -0.1) is 0 Å². The molecule has 0 aromatic carbocycles. The van der Waals surface area contributed by atoms with Crippen LogP contribution in [0.4, 0.5) is 0 Å². The molecule has 0 spiro atoms. The summed E-state index contributed by atoms with van der Waals surface area (Å²) >= 11 is 0. The van der Waals surface area contributed by atoms with Gasteiger partial charge in [-0.3, -0.25) is 9.69 Å². The lowest BCUT2D eigenvalue weighted by Gasteiger charge is -2.30. The van der Waals surface area contributed by atoms with Crippen LogP contribution in [0.2, 0.25) is 0 Å².